The van der Waals surface area contributed by atoms with Crippen molar-refractivity contribution in [3.63, 3.8) is 0 Å². The molecule has 16 heavy (non-hydrogen) atoms. The Morgan fingerprint density at radius 2 is 2.19 bits per heavy atom. The standard InChI is InChI=1S/C10H18N2O3S/c1-8(12-16(2,14)15)10(13)11-9-6-4-3-5-7-9/h4,6,8-9,12H,3,5,7H2,1-2H3,(H,11,13)/t8-,9+/m0/s1. The summed E-state index contributed by atoms with van der Waals surface area (Å²) in [6, 6.07) is -0.699. The number of carbonyl (C=O) groups is 1. The Hall–Kier alpha value is -0.880. The summed E-state index contributed by atoms with van der Waals surface area (Å²) in [4.78, 5) is 11.6. The first-order chi connectivity index (χ1) is 7.38. The molecule has 1 rings (SSSR count). The molecule has 0 unspecified atom stereocenters. The van der Waals surface area contributed by atoms with Crippen molar-refractivity contribution in [2.75, 3.05) is 6.26 Å². The minimum atomic E-state index is -3.34. The van der Waals surface area contributed by atoms with Gasteiger partial charge in [-0.2, -0.15) is 0 Å². The van der Waals surface area contributed by atoms with Gasteiger partial charge in [0, 0.05) is 6.04 Å². The highest BCUT2D eigenvalue weighted by molar-refractivity contribution is 7.88. The summed E-state index contributed by atoms with van der Waals surface area (Å²) in [5.41, 5.74) is 0. The minimum Gasteiger partial charge on any atom is -0.349 e. The quantitative estimate of drug-likeness (QED) is 0.693. The molecule has 0 aromatic carbocycles. The molecule has 2 N–H and O–H groups in total. The summed E-state index contributed by atoms with van der Waals surface area (Å²) in [7, 11) is -3.34. The van der Waals surface area contributed by atoms with Crippen LogP contribution < -0.4 is 10.0 Å². The van der Waals surface area contributed by atoms with Gasteiger partial charge in [-0.3, -0.25) is 4.79 Å². The first-order valence-electron chi connectivity index (χ1n) is 5.33. The van der Waals surface area contributed by atoms with Crippen LogP contribution in [0.5, 0.6) is 0 Å². The lowest BCUT2D eigenvalue weighted by Crippen LogP contribution is -2.47. The van der Waals surface area contributed by atoms with E-state index in [2.05, 4.69) is 10.0 Å². The lowest BCUT2D eigenvalue weighted by Gasteiger charge is -2.20. The molecule has 0 saturated carbocycles. The highest BCUT2D eigenvalue weighted by Crippen LogP contribution is 2.10. The Labute approximate surface area is 96.4 Å². The molecule has 0 saturated heterocycles. The van der Waals surface area contributed by atoms with E-state index in [1.54, 1.807) is 0 Å². The second-order valence-corrected chi connectivity index (χ2v) is 5.87. The van der Waals surface area contributed by atoms with Crippen LogP contribution >= 0.6 is 0 Å². The number of nitrogens with one attached hydrogen (secondary N) is 2. The molecule has 0 aliphatic heterocycles. The fourth-order valence-electron chi connectivity index (χ4n) is 1.61. The zero-order valence-electron chi connectivity index (χ0n) is 9.56. The molecule has 0 fully saturated rings. The van der Waals surface area contributed by atoms with Gasteiger partial charge < -0.3 is 5.32 Å². The van der Waals surface area contributed by atoms with Crippen molar-refractivity contribution in [1.29, 1.82) is 0 Å². The van der Waals surface area contributed by atoms with Crippen molar-refractivity contribution in [1.82, 2.24) is 10.0 Å². The normalized spacial score (nSPS) is 22.8. The molecular weight excluding hydrogens is 228 g/mol. The van der Waals surface area contributed by atoms with E-state index in [-0.39, 0.29) is 11.9 Å². The van der Waals surface area contributed by atoms with Gasteiger partial charge in [-0.25, -0.2) is 13.1 Å². The summed E-state index contributed by atoms with van der Waals surface area (Å²) < 4.78 is 24.1. The van der Waals surface area contributed by atoms with Gasteiger partial charge in [-0.05, 0) is 26.2 Å². The van der Waals surface area contributed by atoms with Gasteiger partial charge >= 0.3 is 0 Å². The number of hydrogen-bond donors (Lipinski definition) is 2. The third-order valence-electron chi connectivity index (χ3n) is 2.37. The number of hydrogen-bond acceptors (Lipinski definition) is 3. The average molecular weight is 246 g/mol. The first kappa shape index (κ1) is 13.2. The second-order valence-electron chi connectivity index (χ2n) is 4.09. The number of amides is 1. The third kappa shape index (κ3) is 4.76. The van der Waals surface area contributed by atoms with E-state index < -0.39 is 16.1 Å². The Morgan fingerprint density at radius 3 is 2.69 bits per heavy atom. The Bertz CT molecular complexity index is 376. The predicted octanol–water partition coefficient (Wildman–Crippen LogP) is 0.149. The van der Waals surface area contributed by atoms with Crippen molar-refractivity contribution < 1.29 is 13.2 Å². The van der Waals surface area contributed by atoms with Crippen LogP contribution in [0.25, 0.3) is 0 Å². The van der Waals surface area contributed by atoms with Gasteiger partial charge in [-0.1, -0.05) is 12.2 Å². The molecule has 92 valence electrons. The van der Waals surface area contributed by atoms with Crippen LogP contribution in [0.3, 0.4) is 0 Å². The van der Waals surface area contributed by atoms with E-state index in [0.717, 1.165) is 25.5 Å². The molecule has 1 amide bonds. The summed E-state index contributed by atoms with van der Waals surface area (Å²) in [5.74, 6) is -0.290. The lowest BCUT2D eigenvalue weighted by atomic mass is 10.0. The van der Waals surface area contributed by atoms with Crippen molar-refractivity contribution in [2.24, 2.45) is 0 Å². The van der Waals surface area contributed by atoms with Crippen LogP contribution in [0.15, 0.2) is 12.2 Å². The molecule has 0 radical (unpaired) electrons. The first-order valence-corrected chi connectivity index (χ1v) is 7.22. The maximum Gasteiger partial charge on any atom is 0.238 e. The molecule has 0 aromatic rings. The molecule has 1 aliphatic carbocycles. The molecule has 0 heterocycles. The highest BCUT2D eigenvalue weighted by Gasteiger charge is 2.19. The van der Waals surface area contributed by atoms with Crippen molar-refractivity contribution in [3.8, 4) is 0 Å². The largest absolute Gasteiger partial charge is 0.349 e. The Kier molecular flexibility index (Phi) is 4.49. The molecule has 0 spiro atoms. The molecule has 5 nitrogen and oxygen atoms in total. The third-order valence-corrected chi connectivity index (χ3v) is 3.15. The second kappa shape index (κ2) is 5.45. The van der Waals surface area contributed by atoms with E-state index in [1.807, 2.05) is 12.2 Å². The number of carbonyl (C=O) groups excluding carboxylic acids is 1. The lowest BCUT2D eigenvalue weighted by molar-refractivity contribution is -0.122. The number of rotatable bonds is 4. The van der Waals surface area contributed by atoms with Crippen molar-refractivity contribution in [2.45, 2.75) is 38.3 Å². The van der Waals surface area contributed by atoms with E-state index in [9.17, 15) is 13.2 Å². The van der Waals surface area contributed by atoms with E-state index >= 15 is 0 Å². The Morgan fingerprint density at radius 1 is 1.50 bits per heavy atom. The van der Waals surface area contributed by atoms with Gasteiger partial charge in [0.25, 0.3) is 0 Å². The van der Waals surface area contributed by atoms with Crippen LogP contribution in [0, 0.1) is 0 Å². The van der Waals surface area contributed by atoms with Gasteiger partial charge in [0.2, 0.25) is 15.9 Å². The predicted molar refractivity (Wildman–Crippen MR) is 62.4 cm³/mol. The van der Waals surface area contributed by atoms with Crippen LogP contribution in [0.2, 0.25) is 0 Å². The molecule has 2 atom stereocenters. The van der Waals surface area contributed by atoms with Gasteiger partial charge in [0.15, 0.2) is 0 Å². The summed E-state index contributed by atoms with van der Waals surface area (Å²) in [5, 5.41) is 2.79. The van der Waals surface area contributed by atoms with Gasteiger partial charge in [-0.15, -0.1) is 0 Å². The zero-order chi connectivity index (χ0) is 12.2. The topological polar surface area (TPSA) is 75.3 Å². The molecule has 0 bridgehead atoms. The highest BCUT2D eigenvalue weighted by atomic mass is 32.2. The summed E-state index contributed by atoms with van der Waals surface area (Å²) >= 11 is 0. The summed E-state index contributed by atoms with van der Waals surface area (Å²) in [6.07, 6.45) is 8.03. The van der Waals surface area contributed by atoms with Gasteiger partial charge in [0.05, 0.1) is 12.3 Å². The van der Waals surface area contributed by atoms with E-state index in [1.165, 1.54) is 6.92 Å². The maximum absolute atomic E-state index is 11.6. The Balaban J connectivity index is 2.45. The summed E-state index contributed by atoms with van der Waals surface area (Å²) in [6.45, 7) is 1.53. The minimum absolute atomic E-state index is 0.0325. The number of allylic oxidation sites excluding steroid dienone is 1. The molecule has 0 aromatic heterocycles. The van der Waals surface area contributed by atoms with Crippen molar-refractivity contribution >= 4 is 15.9 Å². The van der Waals surface area contributed by atoms with Crippen LogP contribution in [-0.2, 0) is 14.8 Å². The SMILES string of the molecule is C[C@H](NS(C)(=O)=O)C(=O)N[C@@H]1C=CCCC1. The molecule has 6 heteroatoms. The van der Waals surface area contributed by atoms with Gasteiger partial charge in [0.1, 0.15) is 0 Å². The van der Waals surface area contributed by atoms with Crippen LogP contribution in [-0.4, -0.2) is 32.7 Å². The average Bonchev–Trinajstić information content (AvgIpc) is 2.16. The van der Waals surface area contributed by atoms with Crippen LogP contribution in [0.4, 0.5) is 0 Å². The fraction of sp³-hybridized carbons (Fsp3) is 0.700. The number of sulfonamides is 1. The smallest absolute Gasteiger partial charge is 0.238 e. The maximum atomic E-state index is 11.6. The van der Waals surface area contributed by atoms with E-state index in [4.69, 9.17) is 0 Å². The van der Waals surface area contributed by atoms with Crippen LogP contribution in [0.1, 0.15) is 26.2 Å². The fourth-order valence-corrected chi connectivity index (χ4v) is 2.36. The molecule has 1 aliphatic rings. The van der Waals surface area contributed by atoms with E-state index in [0.29, 0.717) is 0 Å². The zero-order valence-corrected chi connectivity index (χ0v) is 10.4. The molecular formula is C10H18N2O3S. The monoisotopic (exact) mass is 246 g/mol. The van der Waals surface area contributed by atoms with Crippen molar-refractivity contribution in [3.05, 3.63) is 12.2 Å².